The minimum Gasteiger partial charge on any atom is -0.490 e. The van der Waals surface area contributed by atoms with Gasteiger partial charge in [0, 0.05) is 6.54 Å². The first-order chi connectivity index (χ1) is 14.3. The summed E-state index contributed by atoms with van der Waals surface area (Å²) >= 11 is 0. The molecule has 0 heterocycles. The lowest BCUT2D eigenvalue weighted by molar-refractivity contribution is -0.188. The molecule has 0 spiro atoms. The van der Waals surface area contributed by atoms with Crippen LogP contribution in [0.5, 0.6) is 11.5 Å². The van der Waals surface area contributed by atoms with Crippen LogP contribution in [0.1, 0.15) is 31.1 Å². The van der Waals surface area contributed by atoms with E-state index >= 15 is 0 Å². The normalized spacial score (nSPS) is 12.3. The van der Waals surface area contributed by atoms with Gasteiger partial charge in [-0.25, -0.2) is 0 Å². The van der Waals surface area contributed by atoms with Crippen molar-refractivity contribution in [3.05, 3.63) is 59.7 Å². The number of nitrogens with one attached hydrogen (secondary N) is 1. The van der Waals surface area contributed by atoms with E-state index in [0.717, 1.165) is 5.56 Å². The zero-order valence-corrected chi connectivity index (χ0v) is 17.0. The standard InChI is InChI=1S/C22H26F3NO4/c1-3-28-18-11-10-16(14-19(18)29-4-2)12-13-26-21(27)20(30-15-22(23,24)25)17-8-6-5-7-9-17/h5-11,14,20H,3-4,12-13,15H2,1-2H3,(H,26,27)/t20-/m1/s1. The average molecular weight is 425 g/mol. The van der Waals surface area contributed by atoms with Crippen LogP contribution >= 0.6 is 0 Å². The van der Waals surface area contributed by atoms with Crippen molar-refractivity contribution in [3.63, 3.8) is 0 Å². The molecule has 2 aromatic carbocycles. The maximum absolute atomic E-state index is 12.6. The van der Waals surface area contributed by atoms with Gasteiger partial charge in [-0.2, -0.15) is 13.2 Å². The minimum atomic E-state index is -4.52. The quantitative estimate of drug-likeness (QED) is 0.578. The van der Waals surface area contributed by atoms with Gasteiger partial charge in [0.15, 0.2) is 17.6 Å². The summed E-state index contributed by atoms with van der Waals surface area (Å²) in [7, 11) is 0. The molecule has 2 rings (SSSR count). The lowest BCUT2D eigenvalue weighted by atomic mass is 10.1. The van der Waals surface area contributed by atoms with E-state index in [-0.39, 0.29) is 6.54 Å². The smallest absolute Gasteiger partial charge is 0.411 e. The number of carbonyl (C=O) groups excluding carboxylic acids is 1. The Kier molecular flexibility index (Phi) is 8.98. The van der Waals surface area contributed by atoms with Crippen LogP contribution in [0.15, 0.2) is 48.5 Å². The minimum absolute atomic E-state index is 0.233. The number of carbonyl (C=O) groups is 1. The van der Waals surface area contributed by atoms with Gasteiger partial charge in [-0.15, -0.1) is 0 Å². The van der Waals surface area contributed by atoms with E-state index < -0.39 is 24.8 Å². The second-order valence-electron chi connectivity index (χ2n) is 6.41. The highest BCUT2D eigenvalue weighted by atomic mass is 19.4. The van der Waals surface area contributed by atoms with E-state index in [1.54, 1.807) is 36.4 Å². The summed E-state index contributed by atoms with van der Waals surface area (Å²) in [4.78, 5) is 12.5. The Morgan fingerprint density at radius 1 is 1.00 bits per heavy atom. The molecule has 1 N–H and O–H groups in total. The lowest BCUT2D eigenvalue weighted by Gasteiger charge is -2.19. The SMILES string of the molecule is CCOc1ccc(CCNC(=O)[C@H](OCC(F)(F)F)c2ccccc2)cc1OCC. The third-order valence-electron chi connectivity index (χ3n) is 4.07. The number of rotatable bonds is 11. The molecule has 0 aliphatic rings. The number of alkyl halides is 3. The van der Waals surface area contributed by atoms with Gasteiger partial charge < -0.3 is 19.5 Å². The van der Waals surface area contributed by atoms with Crippen LogP contribution in [0.4, 0.5) is 13.2 Å². The van der Waals surface area contributed by atoms with Crippen molar-refractivity contribution in [2.24, 2.45) is 0 Å². The molecule has 164 valence electrons. The Bertz CT molecular complexity index is 797. The molecule has 0 saturated heterocycles. The summed E-state index contributed by atoms with van der Waals surface area (Å²) < 4.78 is 53.7. The monoisotopic (exact) mass is 425 g/mol. The van der Waals surface area contributed by atoms with Crippen LogP contribution in [0.3, 0.4) is 0 Å². The van der Waals surface area contributed by atoms with Gasteiger partial charge in [-0.1, -0.05) is 36.4 Å². The highest BCUT2D eigenvalue weighted by Crippen LogP contribution is 2.29. The Hall–Kier alpha value is -2.74. The number of hydrogen-bond acceptors (Lipinski definition) is 4. The molecule has 0 aliphatic heterocycles. The molecule has 1 atom stereocenters. The molecule has 0 bridgehead atoms. The molecular formula is C22H26F3NO4. The molecule has 5 nitrogen and oxygen atoms in total. The van der Waals surface area contributed by atoms with E-state index in [1.807, 2.05) is 26.0 Å². The molecule has 0 radical (unpaired) electrons. The molecule has 2 aromatic rings. The van der Waals surface area contributed by atoms with Crippen LogP contribution in [-0.4, -0.2) is 38.4 Å². The molecule has 0 aromatic heterocycles. The van der Waals surface area contributed by atoms with Crippen LogP contribution in [0.2, 0.25) is 0 Å². The van der Waals surface area contributed by atoms with Crippen molar-refractivity contribution in [3.8, 4) is 11.5 Å². The highest BCUT2D eigenvalue weighted by molar-refractivity contribution is 5.82. The van der Waals surface area contributed by atoms with Gasteiger partial charge >= 0.3 is 6.18 Å². The Labute approximate surface area is 174 Å². The zero-order chi connectivity index (χ0) is 22.0. The largest absolute Gasteiger partial charge is 0.490 e. The van der Waals surface area contributed by atoms with E-state index in [4.69, 9.17) is 14.2 Å². The van der Waals surface area contributed by atoms with Crippen molar-refractivity contribution >= 4 is 5.91 Å². The molecular weight excluding hydrogens is 399 g/mol. The van der Waals surface area contributed by atoms with Crippen LogP contribution in [0, 0.1) is 0 Å². The van der Waals surface area contributed by atoms with E-state index in [1.165, 1.54) is 0 Å². The molecule has 0 aliphatic carbocycles. The van der Waals surface area contributed by atoms with Crippen molar-refractivity contribution in [1.29, 1.82) is 0 Å². The molecule has 8 heteroatoms. The summed E-state index contributed by atoms with van der Waals surface area (Å²) in [5.41, 5.74) is 1.26. The molecule has 0 unspecified atom stereocenters. The summed E-state index contributed by atoms with van der Waals surface area (Å²) in [6.45, 7) is 3.47. The van der Waals surface area contributed by atoms with Gasteiger partial charge in [-0.3, -0.25) is 4.79 Å². The van der Waals surface area contributed by atoms with Crippen LogP contribution in [0.25, 0.3) is 0 Å². The molecule has 30 heavy (non-hydrogen) atoms. The summed E-state index contributed by atoms with van der Waals surface area (Å²) in [6, 6.07) is 13.6. The second kappa shape index (κ2) is 11.4. The second-order valence-corrected chi connectivity index (χ2v) is 6.41. The van der Waals surface area contributed by atoms with Gasteiger partial charge in [-0.05, 0) is 43.5 Å². The third-order valence-corrected chi connectivity index (χ3v) is 4.07. The van der Waals surface area contributed by atoms with Crippen molar-refractivity contribution in [2.45, 2.75) is 32.5 Å². The summed E-state index contributed by atoms with van der Waals surface area (Å²) in [5.74, 6) is 0.622. The fourth-order valence-corrected chi connectivity index (χ4v) is 2.80. The van der Waals surface area contributed by atoms with Crippen molar-refractivity contribution < 1.29 is 32.2 Å². The van der Waals surface area contributed by atoms with Crippen molar-refractivity contribution in [2.75, 3.05) is 26.4 Å². The third kappa shape index (κ3) is 7.59. The predicted molar refractivity (Wildman–Crippen MR) is 107 cm³/mol. The Balaban J connectivity index is 2.00. The van der Waals surface area contributed by atoms with Crippen LogP contribution in [-0.2, 0) is 16.0 Å². The Morgan fingerprint density at radius 2 is 1.67 bits per heavy atom. The molecule has 0 fully saturated rings. The van der Waals surface area contributed by atoms with Crippen LogP contribution < -0.4 is 14.8 Å². The van der Waals surface area contributed by atoms with E-state index in [9.17, 15) is 18.0 Å². The molecule has 0 saturated carbocycles. The number of hydrogen-bond donors (Lipinski definition) is 1. The predicted octanol–water partition coefficient (Wildman–Crippen LogP) is 4.46. The van der Waals surface area contributed by atoms with Crippen molar-refractivity contribution in [1.82, 2.24) is 5.32 Å². The molecule has 1 amide bonds. The van der Waals surface area contributed by atoms with Gasteiger partial charge in [0.25, 0.3) is 5.91 Å². The first-order valence-corrected chi connectivity index (χ1v) is 9.73. The lowest BCUT2D eigenvalue weighted by Crippen LogP contribution is -2.34. The van der Waals surface area contributed by atoms with Gasteiger partial charge in [0.2, 0.25) is 0 Å². The zero-order valence-electron chi connectivity index (χ0n) is 17.0. The van der Waals surface area contributed by atoms with Gasteiger partial charge in [0.05, 0.1) is 13.2 Å². The number of benzene rings is 2. The highest BCUT2D eigenvalue weighted by Gasteiger charge is 2.32. The maximum atomic E-state index is 12.6. The fourth-order valence-electron chi connectivity index (χ4n) is 2.80. The topological polar surface area (TPSA) is 56.8 Å². The first kappa shape index (κ1) is 23.5. The number of halogens is 3. The summed E-state index contributed by atoms with van der Waals surface area (Å²) in [6.07, 6.45) is -5.39. The van der Waals surface area contributed by atoms with E-state index in [2.05, 4.69) is 5.32 Å². The maximum Gasteiger partial charge on any atom is 0.411 e. The summed E-state index contributed by atoms with van der Waals surface area (Å²) in [5, 5.41) is 2.65. The fraction of sp³-hybridized carbons (Fsp3) is 0.409. The number of ether oxygens (including phenoxy) is 3. The van der Waals surface area contributed by atoms with Gasteiger partial charge in [0.1, 0.15) is 6.61 Å². The number of amides is 1. The van der Waals surface area contributed by atoms with E-state index in [0.29, 0.717) is 36.7 Å². The first-order valence-electron chi connectivity index (χ1n) is 9.73. The Morgan fingerprint density at radius 3 is 2.30 bits per heavy atom. The average Bonchev–Trinajstić information content (AvgIpc) is 2.70.